The van der Waals surface area contributed by atoms with E-state index in [0.717, 1.165) is 24.2 Å². The van der Waals surface area contributed by atoms with Crippen molar-refractivity contribution in [1.82, 2.24) is 10.2 Å². The number of benzene rings is 1. The smallest absolute Gasteiger partial charge is 0.265 e. The molecule has 2 fully saturated rings. The zero-order valence-corrected chi connectivity index (χ0v) is 21.2. The molecule has 1 aliphatic heterocycles. The van der Waals surface area contributed by atoms with Crippen LogP contribution in [0.4, 0.5) is 20.2 Å². The number of nitrogens with one attached hydrogen (secondary N) is 2. The third-order valence-corrected chi connectivity index (χ3v) is 7.37. The van der Waals surface area contributed by atoms with E-state index in [2.05, 4.69) is 10.6 Å². The molecule has 0 unspecified atom stereocenters. The number of hydrogen-bond donors (Lipinski definition) is 2. The second-order valence-electron chi connectivity index (χ2n) is 8.55. The van der Waals surface area contributed by atoms with Crippen molar-refractivity contribution in [1.29, 1.82) is 0 Å². The van der Waals surface area contributed by atoms with Gasteiger partial charge in [0.25, 0.3) is 18.2 Å². The average molecular weight is 541 g/mol. The second kappa shape index (κ2) is 11.6. The lowest BCUT2D eigenvalue weighted by molar-refractivity contribution is -0.125. The Kier molecular flexibility index (Phi) is 8.55. The van der Waals surface area contributed by atoms with E-state index in [9.17, 15) is 23.2 Å². The molecule has 8 nitrogen and oxygen atoms in total. The summed E-state index contributed by atoms with van der Waals surface area (Å²) in [4.78, 5) is 41.8. The predicted octanol–water partition coefficient (Wildman–Crippen LogP) is 3.92. The number of ether oxygens (including phenoxy) is 1. The predicted molar refractivity (Wildman–Crippen MR) is 134 cm³/mol. The summed E-state index contributed by atoms with van der Waals surface area (Å²) in [6, 6.07) is 6.87. The quantitative estimate of drug-likeness (QED) is 0.477. The fourth-order valence-corrected chi connectivity index (χ4v) is 5.22. The van der Waals surface area contributed by atoms with E-state index < -0.39 is 24.3 Å². The van der Waals surface area contributed by atoms with Crippen LogP contribution in [0.15, 0.2) is 30.3 Å². The number of rotatable bonds is 10. The fraction of sp³-hybridized carbons (Fsp3) is 0.458. The lowest BCUT2D eigenvalue weighted by Crippen LogP contribution is -2.51. The molecule has 2 N–H and O–H groups in total. The Hall–Kier alpha value is -2.60. The Balaban J connectivity index is 1.51. The van der Waals surface area contributed by atoms with Gasteiger partial charge in [-0.1, -0.05) is 18.5 Å². The number of carbonyl (C=O) groups is 3. The van der Waals surface area contributed by atoms with Crippen molar-refractivity contribution in [3.05, 3.63) is 45.1 Å². The Bertz CT molecular complexity index is 1130. The molecule has 0 bridgehead atoms. The average Bonchev–Trinajstić information content (AvgIpc) is 3.60. The minimum Gasteiger partial charge on any atom is -0.370 e. The minimum absolute atomic E-state index is 0.0482. The fourth-order valence-electron chi connectivity index (χ4n) is 4.26. The highest BCUT2D eigenvalue weighted by Gasteiger charge is 2.37. The van der Waals surface area contributed by atoms with Gasteiger partial charge in [0.15, 0.2) is 0 Å². The van der Waals surface area contributed by atoms with Crippen LogP contribution in [0.1, 0.15) is 41.4 Å². The molecule has 12 heteroatoms. The van der Waals surface area contributed by atoms with Crippen LogP contribution in [0.2, 0.25) is 4.34 Å². The van der Waals surface area contributed by atoms with Gasteiger partial charge < -0.3 is 20.3 Å². The molecule has 1 aliphatic carbocycles. The number of likely N-dealkylation sites (N-methyl/N-ethyl adjacent to an activating group) is 1. The van der Waals surface area contributed by atoms with E-state index in [4.69, 9.17) is 16.3 Å². The molecule has 1 aromatic carbocycles. The van der Waals surface area contributed by atoms with Gasteiger partial charge in [0.2, 0.25) is 5.91 Å². The van der Waals surface area contributed by atoms with Gasteiger partial charge in [-0.15, -0.1) is 11.3 Å². The van der Waals surface area contributed by atoms with Crippen LogP contribution in [-0.4, -0.2) is 67.6 Å². The van der Waals surface area contributed by atoms with E-state index in [0.29, 0.717) is 15.8 Å². The topological polar surface area (TPSA) is 91.0 Å². The van der Waals surface area contributed by atoms with Gasteiger partial charge in [-0.05, 0) is 49.7 Å². The van der Waals surface area contributed by atoms with Crippen LogP contribution in [0.3, 0.4) is 0 Å². The molecule has 1 saturated heterocycles. The van der Waals surface area contributed by atoms with Crippen molar-refractivity contribution in [2.24, 2.45) is 0 Å². The monoisotopic (exact) mass is 540 g/mol. The summed E-state index contributed by atoms with van der Waals surface area (Å²) >= 11 is 7.06. The summed E-state index contributed by atoms with van der Waals surface area (Å²) in [5, 5.41) is 5.53. The van der Waals surface area contributed by atoms with Gasteiger partial charge in [-0.25, -0.2) is 8.78 Å². The van der Waals surface area contributed by atoms with Gasteiger partial charge in [-0.3, -0.25) is 19.3 Å². The van der Waals surface area contributed by atoms with E-state index in [-0.39, 0.29) is 55.2 Å². The Morgan fingerprint density at radius 2 is 2.06 bits per heavy atom. The maximum absolute atomic E-state index is 13.9. The molecule has 2 aromatic rings. The van der Waals surface area contributed by atoms with Crippen LogP contribution < -0.4 is 15.5 Å². The first-order valence-corrected chi connectivity index (χ1v) is 12.9. The highest BCUT2D eigenvalue weighted by Crippen LogP contribution is 2.34. The van der Waals surface area contributed by atoms with E-state index >= 15 is 0 Å². The molecule has 194 valence electrons. The van der Waals surface area contributed by atoms with Crippen LogP contribution >= 0.6 is 22.9 Å². The number of halogens is 3. The number of carbonyl (C=O) groups excluding carboxylic acids is 3. The molecule has 36 heavy (non-hydrogen) atoms. The molecule has 3 amide bonds. The van der Waals surface area contributed by atoms with Gasteiger partial charge >= 0.3 is 0 Å². The largest absolute Gasteiger partial charge is 0.370 e. The van der Waals surface area contributed by atoms with Crippen molar-refractivity contribution >= 4 is 52.0 Å². The van der Waals surface area contributed by atoms with Crippen molar-refractivity contribution in [2.75, 3.05) is 43.1 Å². The molecule has 1 atom stereocenters. The van der Waals surface area contributed by atoms with E-state index in [1.165, 1.54) is 23.1 Å². The molecular formula is C24H27ClF2N4O4S. The maximum atomic E-state index is 13.9. The van der Waals surface area contributed by atoms with Gasteiger partial charge in [0, 0.05) is 30.4 Å². The third kappa shape index (κ3) is 6.20. The highest BCUT2D eigenvalue weighted by atomic mass is 35.5. The standard InChI is InChI=1S/C24H27ClF2N4O4S/c1-2-30(15-4-5-15)18(12-28-24(34)19-7-8-20(25)36-19)23(33)29-14-3-6-17(16(11-14)22(26)27)31-9-10-35-13-21(31)32/h3,6-8,11,15,18,22H,2,4-5,9-10,12-13H2,1H3,(H,28,34)(H,29,33)/t18-/m0/s1. The zero-order valence-electron chi connectivity index (χ0n) is 19.6. The van der Waals surface area contributed by atoms with Gasteiger partial charge in [-0.2, -0.15) is 0 Å². The lowest BCUT2D eigenvalue weighted by atomic mass is 10.1. The summed E-state index contributed by atoms with van der Waals surface area (Å²) in [5.74, 6) is -1.15. The molecule has 0 spiro atoms. The summed E-state index contributed by atoms with van der Waals surface area (Å²) in [7, 11) is 0. The number of alkyl halides is 2. The first-order valence-electron chi connectivity index (χ1n) is 11.7. The molecular weight excluding hydrogens is 514 g/mol. The summed E-state index contributed by atoms with van der Waals surface area (Å²) in [6.45, 7) is 2.83. The molecule has 1 aromatic heterocycles. The summed E-state index contributed by atoms with van der Waals surface area (Å²) < 4.78 is 33.4. The molecule has 2 aliphatic rings. The van der Waals surface area contributed by atoms with Crippen molar-refractivity contribution in [3.8, 4) is 0 Å². The number of morpholine rings is 1. The minimum atomic E-state index is -2.85. The summed E-state index contributed by atoms with van der Waals surface area (Å²) in [6.07, 6.45) is -0.952. The molecule has 0 radical (unpaired) electrons. The van der Waals surface area contributed by atoms with Crippen LogP contribution in [-0.2, 0) is 14.3 Å². The summed E-state index contributed by atoms with van der Waals surface area (Å²) in [5.41, 5.74) is -0.0622. The lowest BCUT2D eigenvalue weighted by Gasteiger charge is -2.30. The number of anilines is 2. The number of thiophene rings is 1. The zero-order chi connectivity index (χ0) is 25.8. The highest BCUT2D eigenvalue weighted by molar-refractivity contribution is 7.18. The SMILES string of the molecule is CCN(C1CC1)[C@@H](CNC(=O)c1ccc(Cl)s1)C(=O)Nc1ccc(N2CCOCC2=O)c(C(F)F)c1. The molecule has 4 rings (SSSR count). The first kappa shape index (κ1) is 26.5. The molecule has 2 heterocycles. The second-order valence-corrected chi connectivity index (χ2v) is 10.3. The number of amides is 3. The number of hydrogen-bond acceptors (Lipinski definition) is 6. The van der Waals surface area contributed by atoms with Crippen molar-refractivity contribution < 1.29 is 27.9 Å². The van der Waals surface area contributed by atoms with Crippen LogP contribution in [0.5, 0.6) is 0 Å². The van der Waals surface area contributed by atoms with Gasteiger partial charge in [0.1, 0.15) is 12.6 Å². The van der Waals surface area contributed by atoms with Gasteiger partial charge in [0.05, 0.1) is 21.5 Å². The number of nitrogens with zero attached hydrogens (tertiary/aromatic N) is 2. The first-order chi connectivity index (χ1) is 17.3. The Morgan fingerprint density at radius 1 is 1.28 bits per heavy atom. The van der Waals surface area contributed by atoms with Crippen LogP contribution in [0.25, 0.3) is 0 Å². The Labute approximate surface area is 216 Å². The Morgan fingerprint density at radius 3 is 2.67 bits per heavy atom. The normalized spacial score (nSPS) is 16.9. The van der Waals surface area contributed by atoms with Crippen molar-refractivity contribution in [3.63, 3.8) is 0 Å². The van der Waals surface area contributed by atoms with E-state index in [1.807, 2.05) is 11.8 Å². The third-order valence-electron chi connectivity index (χ3n) is 6.14. The van der Waals surface area contributed by atoms with Crippen LogP contribution in [0, 0.1) is 0 Å². The molecule has 1 saturated carbocycles. The van der Waals surface area contributed by atoms with E-state index in [1.54, 1.807) is 12.1 Å². The van der Waals surface area contributed by atoms with Crippen molar-refractivity contribution in [2.45, 2.75) is 38.3 Å². The maximum Gasteiger partial charge on any atom is 0.265 e.